The van der Waals surface area contributed by atoms with E-state index in [1.165, 1.54) is 0 Å². The smallest absolute Gasteiger partial charge is 0.226 e. The van der Waals surface area contributed by atoms with Gasteiger partial charge in [0.05, 0.1) is 24.4 Å². The van der Waals surface area contributed by atoms with Crippen molar-refractivity contribution in [2.75, 3.05) is 37.5 Å². The molecule has 1 aromatic carbocycles. The molecule has 1 aliphatic heterocycles. The van der Waals surface area contributed by atoms with Crippen LogP contribution in [0, 0.1) is 0 Å². The molecule has 6 nitrogen and oxygen atoms in total. The number of carbonyl (C=O) groups is 1. The minimum absolute atomic E-state index is 0.142. The highest BCUT2D eigenvalue weighted by Crippen LogP contribution is 2.36. The molecule has 2 rings (SSSR count). The third kappa shape index (κ3) is 3.51. The maximum absolute atomic E-state index is 11.7. The van der Waals surface area contributed by atoms with Crippen LogP contribution in [0.2, 0.25) is 0 Å². The highest BCUT2D eigenvalue weighted by molar-refractivity contribution is 5.94. The van der Waals surface area contributed by atoms with Crippen LogP contribution in [-0.2, 0) is 9.53 Å². The maximum Gasteiger partial charge on any atom is 0.226 e. The molecule has 19 heavy (non-hydrogen) atoms. The number of carbonyl (C=O) groups excluding carboxylic acids is 1. The average molecular weight is 266 g/mol. The topological polar surface area (TPSA) is 82.8 Å². The predicted molar refractivity (Wildman–Crippen MR) is 71.6 cm³/mol. The van der Waals surface area contributed by atoms with Gasteiger partial charge in [-0.05, 0) is 6.92 Å². The number of nitrogens with two attached hydrogens (primary N) is 1. The van der Waals surface area contributed by atoms with E-state index >= 15 is 0 Å². The zero-order valence-corrected chi connectivity index (χ0v) is 10.9. The summed E-state index contributed by atoms with van der Waals surface area (Å²) in [4.78, 5) is 11.7. The summed E-state index contributed by atoms with van der Waals surface area (Å²) in [7, 11) is 0. The third-order valence-corrected chi connectivity index (χ3v) is 2.67. The van der Waals surface area contributed by atoms with Crippen molar-refractivity contribution in [1.29, 1.82) is 0 Å². The van der Waals surface area contributed by atoms with Crippen molar-refractivity contribution in [1.82, 2.24) is 0 Å². The first kappa shape index (κ1) is 13.5. The van der Waals surface area contributed by atoms with Crippen molar-refractivity contribution in [3.05, 3.63) is 12.1 Å². The maximum atomic E-state index is 11.7. The van der Waals surface area contributed by atoms with E-state index < -0.39 is 0 Å². The van der Waals surface area contributed by atoms with Crippen molar-refractivity contribution in [3.8, 4) is 11.5 Å². The third-order valence-electron chi connectivity index (χ3n) is 2.67. The lowest BCUT2D eigenvalue weighted by Crippen LogP contribution is -2.18. The second kappa shape index (κ2) is 6.29. The number of benzene rings is 1. The lowest BCUT2D eigenvalue weighted by Gasteiger charge is -2.20. The molecule has 1 heterocycles. The fraction of sp³-hybridized carbons (Fsp3) is 0.462. The van der Waals surface area contributed by atoms with Crippen LogP contribution < -0.4 is 20.5 Å². The Bertz CT molecular complexity index is 462. The molecule has 0 atom stereocenters. The summed E-state index contributed by atoms with van der Waals surface area (Å²) in [5, 5.41) is 2.74. The van der Waals surface area contributed by atoms with Crippen LogP contribution >= 0.6 is 0 Å². The minimum Gasteiger partial charge on any atom is -0.486 e. The normalized spacial score (nSPS) is 13.1. The van der Waals surface area contributed by atoms with Gasteiger partial charge in [-0.25, -0.2) is 0 Å². The Labute approximate surface area is 111 Å². The summed E-state index contributed by atoms with van der Waals surface area (Å²) < 4.78 is 16.0. The molecule has 0 saturated heterocycles. The molecule has 0 aromatic heterocycles. The van der Waals surface area contributed by atoms with E-state index in [1.807, 2.05) is 6.92 Å². The summed E-state index contributed by atoms with van der Waals surface area (Å²) in [6, 6.07) is 3.34. The second-order valence-electron chi connectivity index (χ2n) is 4.08. The summed E-state index contributed by atoms with van der Waals surface area (Å²) in [5.41, 5.74) is 6.85. The molecule has 0 fully saturated rings. The van der Waals surface area contributed by atoms with E-state index in [2.05, 4.69) is 5.32 Å². The fourth-order valence-corrected chi connectivity index (χ4v) is 1.73. The number of amides is 1. The summed E-state index contributed by atoms with van der Waals surface area (Å²) >= 11 is 0. The lowest BCUT2D eigenvalue weighted by atomic mass is 10.2. The standard InChI is InChI=1S/C13H18N2O4/c1-2-17-4-3-13(16)15-10-8-12-11(7-9(10)14)18-5-6-19-12/h7-8H,2-6,14H2,1H3,(H,15,16). The van der Waals surface area contributed by atoms with E-state index in [9.17, 15) is 4.79 Å². The van der Waals surface area contributed by atoms with Gasteiger partial charge in [0.2, 0.25) is 5.91 Å². The fourth-order valence-electron chi connectivity index (χ4n) is 1.73. The van der Waals surface area contributed by atoms with Crippen LogP contribution in [0.15, 0.2) is 12.1 Å². The number of rotatable bonds is 5. The quantitative estimate of drug-likeness (QED) is 0.622. The van der Waals surface area contributed by atoms with Crippen molar-refractivity contribution < 1.29 is 19.0 Å². The Hall–Kier alpha value is -1.95. The van der Waals surface area contributed by atoms with Crippen LogP contribution in [-0.4, -0.2) is 32.3 Å². The molecule has 0 bridgehead atoms. The second-order valence-corrected chi connectivity index (χ2v) is 4.08. The van der Waals surface area contributed by atoms with E-state index in [0.717, 1.165) is 0 Å². The summed E-state index contributed by atoms with van der Waals surface area (Å²) in [6.45, 7) is 3.88. The number of anilines is 2. The minimum atomic E-state index is -0.142. The zero-order chi connectivity index (χ0) is 13.7. The van der Waals surface area contributed by atoms with Gasteiger partial charge in [-0.2, -0.15) is 0 Å². The van der Waals surface area contributed by atoms with Gasteiger partial charge in [-0.15, -0.1) is 0 Å². The number of fused-ring (bicyclic) bond motifs is 1. The Balaban J connectivity index is 2.01. The van der Waals surface area contributed by atoms with Gasteiger partial charge >= 0.3 is 0 Å². The van der Waals surface area contributed by atoms with Gasteiger partial charge in [0.1, 0.15) is 13.2 Å². The van der Waals surface area contributed by atoms with Gasteiger partial charge in [0, 0.05) is 18.7 Å². The SMILES string of the molecule is CCOCCC(=O)Nc1cc2c(cc1N)OCCO2. The van der Waals surface area contributed by atoms with Crippen molar-refractivity contribution >= 4 is 17.3 Å². The number of hydrogen-bond acceptors (Lipinski definition) is 5. The molecule has 6 heteroatoms. The monoisotopic (exact) mass is 266 g/mol. The molecule has 3 N–H and O–H groups in total. The Morgan fingerprint density at radius 2 is 2.05 bits per heavy atom. The van der Waals surface area contributed by atoms with Crippen molar-refractivity contribution in [2.24, 2.45) is 0 Å². The van der Waals surface area contributed by atoms with Crippen LogP contribution in [0.3, 0.4) is 0 Å². The van der Waals surface area contributed by atoms with Crippen molar-refractivity contribution in [2.45, 2.75) is 13.3 Å². The summed E-state index contributed by atoms with van der Waals surface area (Å²) in [5.74, 6) is 1.06. The molecule has 0 unspecified atom stereocenters. The molecule has 1 aliphatic rings. The Kier molecular flexibility index (Phi) is 4.46. The van der Waals surface area contributed by atoms with Crippen LogP contribution in [0.1, 0.15) is 13.3 Å². The molecule has 0 radical (unpaired) electrons. The highest BCUT2D eigenvalue weighted by Gasteiger charge is 2.15. The molecule has 1 amide bonds. The van der Waals surface area contributed by atoms with E-state index in [-0.39, 0.29) is 5.91 Å². The first-order valence-corrected chi connectivity index (χ1v) is 6.27. The molecule has 0 saturated carbocycles. The first-order valence-electron chi connectivity index (χ1n) is 6.27. The van der Waals surface area contributed by atoms with Gasteiger partial charge in [0.25, 0.3) is 0 Å². The molecule has 0 spiro atoms. The molecular formula is C13H18N2O4. The molecule has 0 aliphatic carbocycles. The largest absolute Gasteiger partial charge is 0.486 e. The lowest BCUT2D eigenvalue weighted by molar-refractivity contribution is -0.117. The van der Waals surface area contributed by atoms with E-state index in [0.29, 0.717) is 55.7 Å². The molecular weight excluding hydrogens is 248 g/mol. The number of ether oxygens (including phenoxy) is 3. The van der Waals surface area contributed by atoms with E-state index in [4.69, 9.17) is 19.9 Å². The van der Waals surface area contributed by atoms with Crippen LogP contribution in [0.5, 0.6) is 11.5 Å². The number of nitrogen functional groups attached to an aromatic ring is 1. The number of hydrogen-bond donors (Lipinski definition) is 2. The van der Waals surface area contributed by atoms with Crippen molar-refractivity contribution in [3.63, 3.8) is 0 Å². The Morgan fingerprint density at radius 3 is 2.74 bits per heavy atom. The Morgan fingerprint density at radius 1 is 1.37 bits per heavy atom. The first-order chi connectivity index (χ1) is 9.20. The molecule has 104 valence electrons. The van der Waals surface area contributed by atoms with E-state index in [1.54, 1.807) is 12.1 Å². The van der Waals surface area contributed by atoms with Gasteiger partial charge in [0.15, 0.2) is 11.5 Å². The van der Waals surface area contributed by atoms with Gasteiger partial charge < -0.3 is 25.3 Å². The average Bonchev–Trinajstić information content (AvgIpc) is 2.40. The molecule has 1 aromatic rings. The van der Waals surface area contributed by atoms with Crippen LogP contribution in [0.25, 0.3) is 0 Å². The van der Waals surface area contributed by atoms with Crippen LogP contribution in [0.4, 0.5) is 11.4 Å². The zero-order valence-electron chi connectivity index (χ0n) is 10.9. The van der Waals surface area contributed by atoms with Gasteiger partial charge in [-0.3, -0.25) is 4.79 Å². The predicted octanol–water partition coefficient (Wildman–Crippen LogP) is 1.41. The number of nitrogens with one attached hydrogen (secondary N) is 1. The summed E-state index contributed by atoms with van der Waals surface area (Å²) in [6.07, 6.45) is 0.293. The van der Waals surface area contributed by atoms with Gasteiger partial charge in [-0.1, -0.05) is 0 Å². The highest BCUT2D eigenvalue weighted by atomic mass is 16.6.